The molecule has 0 amide bonds. The van der Waals surface area contributed by atoms with Crippen molar-refractivity contribution in [3.05, 3.63) is 93.6 Å². The Balaban J connectivity index is 1.47. The fourth-order valence-corrected chi connectivity index (χ4v) is 5.64. The van der Waals surface area contributed by atoms with Gasteiger partial charge in [0.05, 0.1) is 13.4 Å². The molecule has 0 bridgehead atoms. The van der Waals surface area contributed by atoms with Crippen LogP contribution in [0, 0.1) is 5.92 Å². The molecule has 8 heteroatoms. The number of allylic oxidation sites excluding steroid dienone is 4. The maximum Gasteiger partial charge on any atom is 0.121 e. The number of rotatable bonds is 8. The van der Waals surface area contributed by atoms with Crippen molar-refractivity contribution in [2.75, 3.05) is 20.2 Å². The number of aromatic nitrogens is 2. The van der Waals surface area contributed by atoms with Crippen LogP contribution in [0.25, 0.3) is 17.0 Å². The van der Waals surface area contributed by atoms with Crippen LogP contribution in [0.4, 0.5) is 0 Å². The predicted molar refractivity (Wildman–Crippen MR) is 138 cm³/mol. The van der Waals surface area contributed by atoms with E-state index >= 15 is 0 Å². The molecule has 0 atom stereocenters. The van der Waals surface area contributed by atoms with Gasteiger partial charge in [0.15, 0.2) is 0 Å². The lowest BCUT2D eigenvalue weighted by Crippen LogP contribution is -2.29. The van der Waals surface area contributed by atoms with Crippen LogP contribution in [0.2, 0.25) is 5.02 Å². The van der Waals surface area contributed by atoms with Crippen LogP contribution in [0.1, 0.15) is 36.8 Å². The Hall–Kier alpha value is -2.29. The molecular formula is C26H28ClN4O2S-. The molecule has 1 aromatic heterocycles. The molecule has 178 valence electrons. The van der Waals surface area contributed by atoms with Gasteiger partial charge < -0.3 is 9.88 Å². The van der Waals surface area contributed by atoms with E-state index in [-0.39, 0.29) is 0 Å². The minimum atomic E-state index is 0.409. The molecule has 5 rings (SSSR count). The van der Waals surface area contributed by atoms with Gasteiger partial charge in [-0.15, -0.1) is 10.0 Å². The van der Waals surface area contributed by atoms with Gasteiger partial charge in [-0.25, -0.2) is 14.2 Å². The van der Waals surface area contributed by atoms with E-state index in [4.69, 9.17) is 26.1 Å². The molecule has 0 spiro atoms. The van der Waals surface area contributed by atoms with Gasteiger partial charge in [0.1, 0.15) is 12.2 Å². The van der Waals surface area contributed by atoms with Gasteiger partial charge in [-0.2, -0.15) is 6.20 Å². The Morgan fingerprint density at radius 1 is 1.26 bits per heavy atom. The number of aryl methyl sites for hydroxylation is 1. The van der Waals surface area contributed by atoms with Gasteiger partial charge in [0.2, 0.25) is 0 Å². The average molecular weight is 496 g/mol. The van der Waals surface area contributed by atoms with E-state index in [9.17, 15) is 0 Å². The lowest BCUT2D eigenvalue weighted by molar-refractivity contribution is -0.163. The molecule has 0 saturated carbocycles. The predicted octanol–water partition coefficient (Wildman–Crippen LogP) is 6.81. The monoisotopic (exact) mass is 495 g/mol. The van der Waals surface area contributed by atoms with Crippen LogP contribution in [0.5, 0.6) is 0 Å². The van der Waals surface area contributed by atoms with Crippen LogP contribution in [0.3, 0.4) is 0 Å². The highest BCUT2D eigenvalue weighted by atomic mass is 35.5. The fraction of sp³-hybridized carbons (Fsp3) is 0.346. The molecule has 1 aliphatic carbocycles. The standard InChI is InChI=1S/C26H28ClN4O2S/c1-32-33-34-31-13-8-19(9-14-31)25-23-7-6-22(27)17-21(23)16-20(24-5-2-10-29-26(24)25)4-3-12-30-15-11-28-18-30/h2,5-7,10-11,15-19H,3-4,8-9,12-14H2,1H3/q-1. The van der Waals surface area contributed by atoms with E-state index in [1.165, 1.54) is 47.2 Å². The van der Waals surface area contributed by atoms with E-state index in [0.29, 0.717) is 5.92 Å². The van der Waals surface area contributed by atoms with Crippen molar-refractivity contribution in [1.82, 2.24) is 13.9 Å². The zero-order chi connectivity index (χ0) is 23.3. The smallest absolute Gasteiger partial charge is 0.121 e. The molecule has 3 aliphatic rings. The number of hydrogen-bond acceptors (Lipinski definition) is 5. The second-order valence-corrected chi connectivity index (χ2v) is 9.87. The van der Waals surface area contributed by atoms with Crippen molar-refractivity contribution in [2.45, 2.75) is 32.2 Å². The number of halogens is 1. The summed E-state index contributed by atoms with van der Waals surface area (Å²) in [7, 11) is 1.53. The zero-order valence-electron chi connectivity index (χ0n) is 19.2. The number of benzene rings is 1. The third-order valence-electron chi connectivity index (χ3n) is 6.53. The highest BCUT2D eigenvalue weighted by molar-refractivity contribution is 7.92. The van der Waals surface area contributed by atoms with E-state index in [2.05, 4.69) is 38.1 Å². The van der Waals surface area contributed by atoms with Crippen LogP contribution in [-0.4, -0.2) is 34.1 Å². The lowest BCUT2D eigenvalue weighted by Gasteiger charge is -2.37. The van der Waals surface area contributed by atoms with Gasteiger partial charge in [-0.05, 0) is 66.0 Å². The van der Waals surface area contributed by atoms with Crippen molar-refractivity contribution in [2.24, 2.45) is 5.92 Å². The normalized spacial score (nSPS) is 18.6. The Morgan fingerprint density at radius 3 is 2.94 bits per heavy atom. The Labute approximate surface area is 210 Å². The fourth-order valence-electron chi connectivity index (χ4n) is 4.95. The number of piperidine rings is 1. The Morgan fingerprint density at radius 2 is 2.15 bits per heavy atom. The number of nitrogens with zero attached hydrogens (tertiary/aromatic N) is 4. The SMILES string of the molecule is COOSN1CCC(C2=C3[N-]C=CC=C3C(CCCn3ccnc3)=Cc3cc(Cl)ccc32)CC1. The zero-order valence-corrected chi connectivity index (χ0v) is 20.8. The first-order chi connectivity index (χ1) is 16.7. The molecule has 34 heavy (non-hydrogen) atoms. The molecule has 2 aliphatic heterocycles. The van der Waals surface area contributed by atoms with Gasteiger partial charge in [0.25, 0.3) is 0 Å². The first kappa shape index (κ1) is 23.5. The van der Waals surface area contributed by atoms with Crippen molar-refractivity contribution in [3.8, 4) is 0 Å². The largest absolute Gasteiger partial charge is 0.663 e. The topological polar surface area (TPSA) is 53.6 Å². The average Bonchev–Trinajstić information content (AvgIpc) is 3.34. The summed E-state index contributed by atoms with van der Waals surface area (Å²) in [5.41, 5.74) is 7.40. The van der Waals surface area contributed by atoms with Gasteiger partial charge >= 0.3 is 0 Å². The van der Waals surface area contributed by atoms with E-state index < -0.39 is 0 Å². The highest BCUT2D eigenvalue weighted by Crippen LogP contribution is 2.47. The van der Waals surface area contributed by atoms with Gasteiger partial charge in [-0.3, -0.25) is 0 Å². The minimum Gasteiger partial charge on any atom is -0.663 e. The lowest BCUT2D eigenvalue weighted by atomic mass is 9.82. The minimum absolute atomic E-state index is 0.409. The molecule has 1 aromatic carbocycles. The van der Waals surface area contributed by atoms with E-state index in [0.717, 1.165) is 56.0 Å². The summed E-state index contributed by atoms with van der Waals surface area (Å²) < 4.78 is 9.41. The quantitative estimate of drug-likeness (QED) is 0.174. The summed E-state index contributed by atoms with van der Waals surface area (Å²) >= 11 is 7.75. The maximum absolute atomic E-state index is 6.46. The van der Waals surface area contributed by atoms with Crippen molar-refractivity contribution >= 4 is 35.5 Å². The molecule has 0 N–H and O–H groups in total. The number of imidazole rings is 1. The number of fused-ring (bicyclic) bond motifs is 2. The number of hydrogen-bond donors (Lipinski definition) is 0. The Bertz CT molecular complexity index is 1130. The van der Waals surface area contributed by atoms with Crippen molar-refractivity contribution < 1.29 is 9.22 Å². The highest BCUT2D eigenvalue weighted by Gasteiger charge is 2.28. The van der Waals surface area contributed by atoms with Gasteiger partial charge in [0, 0.05) is 37.1 Å². The molecule has 2 aromatic rings. The van der Waals surface area contributed by atoms with Crippen LogP contribution in [0.15, 0.2) is 72.1 Å². The molecule has 1 saturated heterocycles. The summed E-state index contributed by atoms with van der Waals surface area (Å²) in [6.07, 6.45) is 18.3. The molecule has 1 fully saturated rings. The van der Waals surface area contributed by atoms with Crippen LogP contribution in [-0.2, 0) is 15.8 Å². The van der Waals surface area contributed by atoms with Crippen LogP contribution >= 0.6 is 23.8 Å². The van der Waals surface area contributed by atoms with Crippen molar-refractivity contribution in [3.63, 3.8) is 0 Å². The van der Waals surface area contributed by atoms with Gasteiger partial charge in [-0.1, -0.05) is 41.5 Å². The summed E-state index contributed by atoms with van der Waals surface area (Å²) in [4.78, 5) is 8.92. The second-order valence-electron chi connectivity index (χ2n) is 8.63. The summed E-state index contributed by atoms with van der Waals surface area (Å²) in [5.74, 6) is 0.409. The molecule has 3 heterocycles. The van der Waals surface area contributed by atoms with E-state index in [1.807, 2.05) is 37.1 Å². The molecule has 6 nitrogen and oxygen atoms in total. The summed E-state index contributed by atoms with van der Waals surface area (Å²) in [6, 6.07) is 6.26. The van der Waals surface area contributed by atoms with Crippen LogP contribution < -0.4 is 0 Å². The van der Waals surface area contributed by atoms with E-state index in [1.54, 1.807) is 0 Å². The molecule has 0 radical (unpaired) electrons. The second kappa shape index (κ2) is 11.0. The Kier molecular flexibility index (Phi) is 7.57. The third kappa shape index (κ3) is 5.19. The first-order valence-corrected chi connectivity index (χ1v) is 12.7. The van der Waals surface area contributed by atoms with Crippen molar-refractivity contribution in [1.29, 1.82) is 0 Å². The summed E-state index contributed by atoms with van der Waals surface area (Å²) in [6.45, 7) is 2.79. The molecular weight excluding hydrogens is 468 g/mol. The third-order valence-corrected chi connectivity index (χ3v) is 7.54. The summed E-state index contributed by atoms with van der Waals surface area (Å²) in [5, 5.41) is 5.70. The molecule has 0 unspecified atom stereocenters. The maximum atomic E-state index is 6.46. The first-order valence-electron chi connectivity index (χ1n) is 11.6.